The minimum atomic E-state index is -3.51. The van der Waals surface area contributed by atoms with Crippen molar-refractivity contribution < 1.29 is 8.42 Å². The topological polar surface area (TPSA) is 74.8 Å². The number of hydrogen-bond donors (Lipinski definition) is 2. The molecule has 0 aliphatic rings. The summed E-state index contributed by atoms with van der Waals surface area (Å²) in [6, 6.07) is 0. The first-order chi connectivity index (χ1) is 7.49. The van der Waals surface area contributed by atoms with E-state index >= 15 is 0 Å². The number of nitrogens with zero attached hydrogens (tertiary/aromatic N) is 1. The van der Waals surface area contributed by atoms with Gasteiger partial charge in [0.25, 0.3) is 10.0 Å². The van der Waals surface area contributed by atoms with Crippen LogP contribution in [0.15, 0.2) is 11.2 Å². The molecule has 92 valence electrons. The van der Waals surface area contributed by atoms with Crippen molar-refractivity contribution in [1.29, 1.82) is 0 Å². The van der Waals surface area contributed by atoms with Crippen molar-refractivity contribution in [2.24, 2.45) is 0 Å². The first-order valence-corrected chi connectivity index (χ1v) is 7.09. The highest BCUT2D eigenvalue weighted by Crippen LogP contribution is 2.07. The molecule has 2 N–H and O–H groups in total. The van der Waals surface area contributed by atoms with Crippen molar-refractivity contribution in [3.63, 3.8) is 0 Å². The Morgan fingerprint density at radius 3 is 2.75 bits per heavy atom. The number of halogens is 1. The summed E-state index contributed by atoms with van der Waals surface area (Å²) < 4.78 is 25.9. The molecular formula is C9H16ClN3O2S. The highest BCUT2D eigenvalue weighted by Gasteiger charge is 2.17. The summed E-state index contributed by atoms with van der Waals surface area (Å²) >= 11 is 5.84. The highest BCUT2D eigenvalue weighted by molar-refractivity contribution is 7.89. The molecule has 0 aliphatic carbocycles. The highest BCUT2D eigenvalue weighted by atomic mass is 35.5. The van der Waals surface area contributed by atoms with Crippen LogP contribution in [0.2, 0.25) is 0 Å². The fraction of sp³-hybridized carbons (Fsp3) is 0.667. The molecule has 16 heavy (non-hydrogen) atoms. The number of hydrogen-bond acceptors (Lipinski definition) is 3. The quantitative estimate of drug-likeness (QED) is 0.761. The number of aromatic amines is 1. The third-order valence-corrected chi connectivity index (χ3v) is 3.96. The van der Waals surface area contributed by atoms with Gasteiger partial charge in [0.2, 0.25) is 0 Å². The average Bonchev–Trinajstić information content (AvgIpc) is 2.75. The van der Waals surface area contributed by atoms with E-state index < -0.39 is 10.0 Å². The molecule has 1 aromatic rings. The number of rotatable bonds is 6. The van der Waals surface area contributed by atoms with Crippen LogP contribution in [0, 0.1) is 0 Å². The molecule has 0 aliphatic heterocycles. The Hall–Kier alpha value is -0.590. The third kappa shape index (κ3) is 3.47. The number of imidazole rings is 1. The van der Waals surface area contributed by atoms with E-state index in [0.29, 0.717) is 18.7 Å². The summed E-state index contributed by atoms with van der Waals surface area (Å²) in [5.74, 6) is 0.651. The fourth-order valence-corrected chi connectivity index (χ4v) is 2.27. The van der Waals surface area contributed by atoms with Crippen LogP contribution < -0.4 is 4.72 Å². The Labute approximate surface area is 101 Å². The van der Waals surface area contributed by atoms with Crippen molar-refractivity contribution in [3.05, 3.63) is 12.0 Å². The first-order valence-electron chi connectivity index (χ1n) is 5.17. The summed E-state index contributed by atoms with van der Waals surface area (Å²) in [6.45, 7) is 4.02. The molecule has 5 nitrogen and oxygen atoms in total. The number of aryl methyl sites for hydroxylation is 1. The Morgan fingerprint density at radius 1 is 1.56 bits per heavy atom. The predicted octanol–water partition coefficient (Wildman–Crippen LogP) is 1.27. The zero-order chi connectivity index (χ0) is 12.2. The van der Waals surface area contributed by atoms with Gasteiger partial charge in [-0.25, -0.2) is 18.1 Å². The van der Waals surface area contributed by atoms with E-state index in [0.717, 1.165) is 0 Å². The van der Waals surface area contributed by atoms with Crippen molar-refractivity contribution in [2.45, 2.75) is 37.1 Å². The van der Waals surface area contributed by atoms with E-state index in [1.165, 1.54) is 6.20 Å². The van der Waals surface area contributed by atoms with Gasteiger partial charge in [0.15, 0.2) is 5.03 Å². The zero-order valence-corrected chi connectivity index (χ0v) is 10.9. The van der Waals surface area contributed by atoms with Gasteiger partial charge in [-0.3, -0.25) is 0 Å². The summed E-state index contributed by atoms with van der Waals surface area (Å²) in [5.41, 5.74) is 0. The molecule has 0 amide bonds. The van der Waals surface area contributed by atoms with Crippen LogP contribution in [-0.2, 0) is 16.4 Å². The van der Waals surface area contributed by atoms with E-state index in [2.05, 4.69) is 14.7 Å². The lowest BCUT2D eigenvalue weighted by Gasteiger charge is -2.07. The lowest BCUT2D eigenvalue weighted by molar-refractivity contribution is 0.575. The second-order valence-electron chi connectivity index (χ2n) is 3.41. The Kier molecular flexibility index (Phi) is 4.76. The summed E-state index contributed by atoms with van der Waals surface area (Å²) in [5, 5.41) is -0.104. The Bertz CT molecular complexity index is 430. The predicted molar refractivity (Wildman–Crippen MR) is 63.1 cm³/mol. The van der Waals surface area contributed by atoms with E-state index in [-0.39, 0.29) is 16.9 Å². The second kappa shape index (κ2) is 5.65. The molecule has 1 unspecified atom stereocenters. The Balaban J connectivity index is 2.70. The van der Waals surface area contributed by atoms with Crippen molar-refractivity contribution >= 4 is 21.6 Å². The molecule has 1 rings (SSSR count). The maximum absolute atomic E-state index is 11.7. The number of aromatic nitrogens is 2. The van der Waals surface area contributed by atoms with Gasteiger partial charge in [-0.1, -0.05) is 13.8 Å². The lowest BCUT2D eigenvalue weighted by Crippen LogP contribution is -2.29. The zero-order valence-electron chi connectivity index (χ0n) is 9.33. The molecule has 0 fully saturated rings. The standard InChI is InChI=1S/C9H16ClN3O2S/c1-3-7(10)5-12-16(14,15)9-6-11-8(4-2)13-9/h6-7,12H,3-5H2,1-2H3,(H,11,13). The van der Waals surface area contributed by atoms with Crippen LogP contribution in [-0.4, -0.2) is 30.3 Å². The number of sulfonamides is 1. The summed E-state index contributed by atoms with van der Waals surface area (Å²) in [6.07, 6.45) is 2.70. The molecule has 1 aromatic heterocycles. The van der Waals surface area contributed by atoms with Gasteiger partial charge in [-0.05, 0) is 6.42 Å². The monoisotopic (exact) mass is 265 g/mol. The molecule has 0 radical (unpaired) electrons. The van der Waals surface area contributed by atoms with Crippen LogP contribution in [0.25, 0.3) is 0 Å². The average molecular weight is 266 g/mol. The number of H-pyrrole nitrogens is 1. The van der Waals surface area contributed by atoms with E-state index in [9.17, 15) is 8.42 Å². The molecular weight excluding hydrogens is 250 g/mol. The maximum atomic E-state index is 11.7. The van der Waals surface area contributed by atoms with E-state index in [1.54, 1.807) is 0 Å². The van der Waals surface area contributed by atoms with Gasteiger partial charge >= 0.3 is 0 Å². The number of nitrogens with one attached hydrogen (secondary N) is 2. The SMILES string of the molecule is CCc1ncc(S(=O)(=O)NCC(Cl)CC)[nH]1. The normalized spacial score (nSPS) is 13.9. The minimum absolute atomic E-state index is 0.0873. The van der Waals surface area contributed by atoms with Gasteiger partial charge in [0.05, 0.1) is 6.20 Å². The van der Waals surface area contributed by atoms with Gasteiger partial charge < -0.3 is 4.98 Å². The van der Waals surface area contributed by atoms with Crippen LogP contribution in [0.4, 0.5) is 0 Å². The van der Waals surface area contributed by atoms with Crippen LogP contribution in [0.3, 0.4) is 0 Å². The van der Waals surface area contributed by atoms with Crippen molar-refractivity contribution in [2.75, 3.05) is 6.54 Å². The largest absolute Gasteiger partial charge is 0.332 e. The summed E-state index contributed by atoms with van der Waals surface area (Å²) in [4.78, 5) is 6.68. The smallest absolute Gasteiger partial charge is 0.257 e. The molecule has 0 spiro atoms. The van der Waals surface area contributed by atoms with E-state index in [1.807, 2.05) is 13.8 Å². The van der Waals surface area contributed by atoms with Crippen LogP contribution in [0.1, 0.15) is 26.1 Å². The van der Waals surface area contributed by atoms with E-state index in [4.69, 9.17) is 11.6 Å². The lowest BCUT2D eigenvalue weighted by atomic mass is 10.3. The molecule has 0 aromatic carbocycles. The van der Waals surface area contributed by atoms with Gasteiger partial charge in [0, 0.05) is 18.3 Å². The first kappa shape index (κ1) is 13.5. The molecule has 0 saturated carbocycles. The molecule has 1 atom stereocenters. The second-order valence-corrected chi connectivity index (χ2v) is 5.76. The summed E-state index contributed by atoms with van der Waals surface area (Å²) in [7, 11) is -3.51. The van der Waals surface area contributed by atoms with Crippen LogP contribution >= 0.6 is 11.6 Å². The Morgan fingerprint density at radius 2 is 2.25 bits per heavy atom. The maximum Gasteiger partial charge on any atom is 0.257 e. The number of alkyl halides is 1. The van der Waals surface area contributed by atoms with Crippen molar-refractivity contribution in [1.82, 2.24) is 14.7 Å². The molecule has 7 heteroatoms. The van der Waals surface area contributed by atoms with Crippen molar-refractivity contribution in [3.8, 4) is 0 Å². The molecule has 0 bridgehead atoms. The molecule has 0 saturated heterocycles. The molecule has 1 heterocycles. The van der Waals surface area contributed by atoms with Gasteiger partial charge in [0.1, 0.15) is 5.82 Å². The fourth-order valence-electron chi connectivity index (χ4n) is 1.08. The minimum Gasteiger partial charge on any atom is -0.332 e. The third-order valence-electron chi connectivity index (χ3n) is 2.17. The van der Waals surface area contributed by atoms with Gasteiger partial charge in [-0.2, -0.15) is 0 Å². The van der Waals surface area contributed by atoms with Crippen LogP contribution in [0.5, 0.6) is 0 Å². The van der Waals surface area contributed by atoms with Gasteiger partial charge in [-0.15, -0.1) is 11.6 Å².